The summed E-state index contributed by atoms with van der Waals surface area (Å²) in [4.78, 5) is 0. The first-order valence-corrected chi connectivity index (χ1v) is 2.51. The fourth-order valence-electron chi connectivity index (χ4n) is 0.186. The molecule has 0 aromatic heterocycles. The molecule has 0 aromatic rings. The molecule has 0 saturated carbocycles. The van der Waals surface area contributed by atoms with E-state index in [0.29, 0.717) is 12.3 Å². The van der Waals surface area contributed by atoms with Gasteiger partial charge < -0.3 is 11.1 Å². The Morgan fingerprint density at radius 3 is 2.57 bits per heavy atom. The molecular formula is C3H8N3S. The number of nitrogens with two attached hydrogens (primary N) is 1. The van der Waals surface area contributed by atoms with Gasteiger partial charge in [0.25, 0.3) is 0 Å². The van der Waals surface area contributed by atoms with Crippen LogP contribution in [0.1, 0.15) is 0 Å². The van der Waals surface area contributed by atoms with Gasteiger partial charge in [0, 0.05) is 12.3 Å². The lowest BCUT2D eigenvalue weighted by molar-refractivity contribution is 0.957. The van der Waals surface area contributed by atoms with Crippen molar-refractivity contribution >= 4 is 18.6 Å². The van der Waals surface area contributed by atoms with Gasteiger partial charge in [0.05, 0.1) is 0 Å². The molecule has 0 aliphatic carbocycles. The molecular weight excluding hydrogens is 110 g/mol. The third-order valence-electron chi connectivity index (χ3n) is 0.418. The zero-order valence-corrected chi connectivity index (χ0v) is 4.72. The van der Waals surface area contributed by atoms with Gasteiger partial charge in [0.1, 0.15) is 0 Å². The lowest BCUT2D eigenvalue weighted by Crippen LogP contribution is -2.31. The molecule has 0 amide bonds. The van der Waals surface area contributed by atoms with Gasteiger partial charge in [0.15, 0.2) is 5.96 Å². The van der Waals surface area contributed by atoms with Crippen LogP contribution >= 0.6 is 12.6 Å². The van der Waals surface area contributed by atoms with E-state index in [9.17, 15) is 0 Å². The lowest BCUT2D eigenvalue weighted by atomic mass is 10.7. The van der Waals surface area contributed by atoms with Crippen molar-refractivity contribution in [2.45, 2.75) is 0 Å². The Morgan fingerprint density at radius 1 is 1.86 bits per heavy atom. The van der Waals surface area contributed by atoms with E-state index < -0.39 is 0 Å². The van der Waals surface area contributed by atoms with Crippen molar-refractivity contribution in [3.05, 3.63) is 0 Å². The first-order chi connectivity index (χ1) is 3.27. The molecule has 0 saturated heterocycles. The van der Waals surface area contributed by atoms with Crippen LogP contribution in [0.4, 0.5) is 0 Å². The van der Waals surface area contributed by atoms with E-state index in [0.717, 1.165) is 0 Å². The minimum atomic E-state index is -0.00940. The van der Waals surface area contributed by atoms with Crippen LogP contribution in [0, 0.1) is 5.41 Å². The molecule has 0 aromatic carbocycles. The maximum absolute atomic E-state index is 6.62. The first kappa shape index (κ1) is 6.62. The average Bonchev–Trinajstić information content (AvgIpc) is 1.61. The smallest absolute Gasteiger partial charge is 0.185 e. The molecule has 4 heteroatoms. The van der Waals surface area contributed by atoms with E-state index in [1.54, 1.807) is 0 Å². The van der Waals surface area contributed by atoms with E-state index >= 15 is 0 Å². The highest BCUT2D eigenvalue weighted by atomic mass is 32.1. The molecule has 41 valence electrons. The number of nitrogens with one attached hydrogen (secondary N) is 2. The van der Waals surface area contributed by atoms with Gasteiger partial charge in [0.2, 0.25) is 0 Å². The highest BCUT2D eigenvalue weighted by Gasteiger charge is 1.80. The summed E-state index contributed by atoms with van der Waals surface area (Å²) in [5.74, 6) is 0.587. The number of guanidine groups is 1. The number of hydrogen-bond donors (Lipinski definition) is 3. The second kappa shape index (κ2) is 3.80. The predicted octanol–water partition coefficient (Wildman–Crippen LogP) is -0.333. The molecule has 0 aliphatic heterocycles. The topological polar surface area (TPSA) is 61.9 Å². The minimum absolute atomic E-state index is 0.00940. The monoisotopic (exact) mass is 118 g/mol. The average molecular weight is 118 g/mol. The summed E-state index contributed by atoms with van der Waals surface area (Å²) in [6.45, 7) is 0.616. The van der Waals surface area contributed by atoms with Crippen LogP contribution in [0.25, 0.3) is 0 Å². The molecule has 0 atom stereocenters. The summed E-state index contributed by atoms with van der Waals surface area (Å²) >= 11 is 4.56. The van der Waals surface area contributed by atoms with Gasteiger partial charge >= 0.3 is 0 Å². The summed E-state index contributed by atoms with van der Waals surface area (Å²) in [5.41, 5.74) is 4.90. The Bertz CT molecular complexity index is 63.2. The third kappa shape index (κ3) is 5.62. The summed E-state index contributed by atoms with van der Waals surface area (Å²) in [6.07, 6.45) is 0. The normalized spacial score (nSPS) is 8.14. The second-order valence-corrected chi connectivity index (χ2v) is 1.45. The maximum Gasteiger partial charge on any atom is 0.185 e. The minimum Gasteiger partial charge on any atom is -0.370 e. The second-order valence-electron chi connectivity index (χ2n) is 1.04. The summed E-state index contributed by atoms with van der Waals surface area (Å²) in [5, 5.41) is 9.17. The highest BCUT2D eigenvalue weighted by Crippen LogP contribution is 1.64. The molecule has 0 unspecified atom stereocenters. The Kier molecular flexibility index (Phi) is 3.59. The number of hydrogen-bond acceptors (Lipinski definition) is 1. The predicted molar refractivity (Wildman–Crippen MR) is 32.4 cm³/mol. The maximum atomic E-state index is 6.62. The first-order valence-electron chi connectivity index (χ1n) is 1.93. The summed E-state index contributed by atoms with van der Waals surface area (Å²) in [7, 11) is 0. The molecule has 0 spiro atoms. The summed E-state index contributed by atoms with van der Waals surface area (Å²) < 4.78 is 0. The molecule has 3 nitrogen and oxygen atoms in total. The molecule has 1 radical (unpaired) electrons. The van der Waals surface area contributed by atoms with Gasteiger partial charge in [-0.25, -0.2) is 0 Å². The summed E-state index contributed by atoms with van der Waals surface area (Å²) in [6, 6.07) is 0. The molecule has 0 fully saturated rings. The Labute approximate surface area is 48.2 Å². The largest absolute Gasteiger partial charge is 0.370 e. The van der Waals surface area contributed by atoms with Crippen molar-refractivity contribution in [2.75, 3.05) is 12.3 Å². The van der Waals surface area contributed by atoms with E-state index in [2.05, 4.69) is 17.9 Å². The molecule has 4 N–H and O–H groups in total. The van der Waals surface area contributed by atoms with Crippen molar-refractivity contribution in [1.82, 2.24) is 5.32 Å². The highest BCUT2D eigenvalue weighted by molar-refractivity contribution is 7.80. The van der Waals surface area contributed by atoms with Crippen LogP contribution in [0.2, 0.25) is 0 Å². The van der Waals surface area contributed by atoms with Crippen molar-refractivity contribution in [2.24, 2.45) is 5.73 Å². The number of rotatable bonds is 2. The van der Waals surface area contributed by atoms with Crippen molar-refractivity contribution in [1.29, 1.82) is 5.41 Å². The van der Waals surface area contributed by atoms with Gasteiger partial charge in [-0.1, -0.05) is 12.6 Å². The van der Waals surface area contributed by atoms with Gasteiger partial charge in [-0.05, 0) is 0 Å². The molecule has 0 heterocycles. The van der Waals surface area contributed by atoms with E-state index in [1.807, 2.05) is 0 Å². The zero-order valence-electron chi connectivity index (χ0n) is 3.90. The van der Waals surface area contributed by atoms with E-state index in [4.69, 9.17) is 11.1 Å². The van der Waals surface area contributed by atoms with E-state index in [-0.39, 0.29) is 5.96 Å². The van der Waals surface area contributed by atoms with E-state index in [1.165, 1.54) is 0 Å². The fraction of sp³-hybridized carbons (Fsp3) is 0.667. The molecule has 0 aliphatic rings. The van der Waals surface area contributed by atoms with Gasteiger partial charge in [-0.2, -0.15) is 0 Å². The van der Waals surface area contributed by atoms with Crippen LogP contribution < -0.4 is 11.1 Å². The SMILES string of the molecule is N=C(N)NCC[S]. The molecule has 0 bridgehead atoms. The van der Waals surface area contributed by atoms with Gasteiger partial charge in [-0.15, -0.1) is 0 Å². The Balaban J connectivity index is 2.82. The Hall–Kier alpha value is -0.380. The Morgan fingerprint density at radius 2 is 2.43 bits per heavy atom. The van der Waals surface area contributed by atoms with Crippen LogP contribution in [0.15, 0.2) is 0 Å². The lowest BCUT2D eigenvalue weighted by Gasteiger charge is -1.95. The van der Waals surface area contributed by atoms with Crippen LogP contribution in [-0.2, 0) is 0 Å². The van der Waals surface area contributed by atoms with Crippen LogP contribution in [0.3, 0.4) is 0 Å². The quantitative estimate of drug-likeness (QED) is 0.343. The van der Waals surface area contributed by atoms with Crippen LogP contribution in [-0.4, -0.2) is 18.3 Å². The fourth-order valence-corrected chi connectivity index (χ4v) is 0.288. The van der Waals surface area contributed by atoms with Gasteiger partial charge in [-0.3, -0.25) is 5.41 Å². The standard InChI is InChI=1S/C3H8N3S/c4-3(5)6-1-2-7/h1-2H2,(H4,4,5,6). The van der Waals surface area contributed by atoms with Crippen molar-refractivity contribution < 1.29 is 0 Å². The third-order valence-corrected chi connectivity index (χ3v) is 0.622. The van der Waals surface area contributed by atoms with Crippen LogP contribution in [0.5, 0.6) is 0 Å². The zero-order chi connectivity index (χ0) is 5.70. The molecule has 7 heavy (non-hydrogen) atoms. The van der Waals surface area contributed by atoms with Crippen molar-refractivity contribution in [3.8, 4) is 0 Å². The van der Waals surface area contributed by atoms with Crippen molar-refractivity contribution in [3.63, 3.8) is 0 Å². The molecule has 0 rings (SSSR count).